The van der Waals surface area contributed by atoms with E-state index < -0.39 is 0 Å². The minimum atomic E-state index is -0.226. The summed E-state index contributed by atoms with van der Waals surface area (Å²) in [5.74, 6) is 0.246. The molecule has 0 atom stereocenters. The molecule has 140 valence electrons. The zero-order chi connectivity index (χ0) is 19.8. The van der Waals surface area contributed by atoms with Crippen LogP contribution in [0.3, 0.4) is 0 Å². The largest absolute Gasteiger partial charge is 0.456 e. The summed E-state index contributed by atoms with van der Waals surface area (Å²) in [5, 5.41) is 3.96. The van der Waals surface area contributed by atoms with Gasteiger partial charge in [0.15, 0.2) is 10.6 Å². The molecule has 0 saturated carbocycles. The predicted molar refractivity (Wildman–Crippen MR) is 112 cm³/mol. The van der Waals surface area contributed by atoms with Crippen LogP contribution in [-0.2, 0) is 0 Å². The van der Waals surface area contributed by atoms with Crippen LogP contribution in [0.5, 0.6) is 0 Å². The number of nitrogens with one attached hydrogen (secondary N) is 1. The average Bonchev–Trinajstić information content (AvgIpc) is 2.99. The minimum Gasteiger partial charge on any atom is -0.456 e. The maximum Gasteiger partial charge on any atom is 0.257 e. The molecule has 2 aromatic carbocycles. The van der Waals surface area contributed by atoms with Crippen LogP contribution in [0.2, 0.25) is 0 Å². The van der Waals surface area contributed by atoms with Crippen LogP contribution in [0.25, 0.3) is 22.3 Å². The number of carbonyl (C=O) groups is 1. The topological polar surface area (TPSA) is 72.2 Å². The number of thiazole rings is 1. The third-order valence-electron chi connectivity index (χ3n) is 4.56. The molecular formula is C22H18N2O3S. The van der Waals surface area contributed by atoms with E-state index in [2.05, 4.69) is 10.3 Å². The molecule has 0 bridgehead atoms. The van der Waals surface area contributed by atoms with Crippen molar-refractivity contribution in [3.05, 3.63) is 80.5 Å². The standard InChI is InChI=1S/C22H18N2O3S/c1-12-4-9-19-17(10-12)18(25)11-20(27-19)15-5-7-16(8-6-15)21(26)24-22-23-13(2)14(3)28-22/h4-11H,1-3H3,(H,23,24,26). The molecule has 0 aliphatic carbocycles. The van der Waals surface area contributed by atoms with Crippen molar-refractivity contribution in [2.45, 2.75) is 20.8 Å². The number of carbonyl (C=O) groups excluding carboxylic acids is 1. The first-order chi connectivity index (χ1) is 13.4. The summed E-state index contributed by atoms with van der Waals surface area (Å²) >= 11 is 1.45. The lowest BCUT2D eigenvalue weighted by Gasteiger charge is -2.06. The molecule has 0 aliphatic heterocycles. The number of aryl methyl sites for hydroxylation is 3. The predicted octanol–water partition coefficient (Wildman–Crippen LogP) is 5.09. The molecule has 1 amide bonds. The summed E-state index contributed by atoms with van der Waals surface area (Å²) in [6.45, 7) is 5.82. The van der Waals surface area contributed by atoms with Crippen molar-refractivity contribution >= 4 is 33.3 Å². The Morgan fingerprint density at radius 1 is 1.04 bits per heavy atom. The van der Waals surface area contributed by atoms with E-state index in [1.165, 1.54) is 17.4 Å². The minimum absolute atomic E-state index is 0.0868. The molecule has 1 N–H and O–H groups in total. The second-order valence-corrected chi connectivity index (χ2v) is 7.87. The third kappa shape index (κ3) is 3.46. The number of fused-ring (bicyclic) bond motifs is 1. The number of aromatic nitrogens is 1. The van der Waals surface area contributed by atoms with Crippen molar-refractivity contribution in [2.75, 3.05) is 5.32 Å². The first-order valence-electron chi connectivity index (χ1n) is 8.81. The summed E-state index contributed by atoms with van der Waals surface area (Å²) in [4.78, 5) is 30.2. The van der Waals surface area contributed by atoms with E-state index in [9.17, 15) is 9.59 Å². The SMILES string of the molecule is Cc1ccc2oc(-c3ccc(C(=O)Nc4nc(C)c(C)s4)cc3)cc(=O)c2c1. The van der Waals surface area contributed by atoms with Crippen molar-refractivity contribution in [1.29, 1.82) is 0 Å². The molecule has 0 radical (unpaired) electrons. The highest BCUT2D eigenvalue weighted by atomic mass is 32.1. The highest BCUT2D eigenvalue weighted by Gasteiger charge is 2.12. The smallest absolute Gasteiger partial charge is 0.257 e. The van der Waals surface area contributed by atoms with Gasteiger partial charge in [-0.2, -0.15) is 0 Å². The van der Waals surface area contributed by atoms with Crippen LogP contribution >= 0.6 is 11.3 Å². The molecule has 5 nitrogen and oxygen atoms in total. The van der Waals surface area contributed by atoms with Gasteiger partial charge in [-0.15, -0.1) is 11.3 Å². The van der Waals surface area contributed by atoms with Gasteiger partial charge in [0.25, 0.3) is 5.91 Å². The van der Waals surface area contributed by atoms with Crippen molar-refractivity contribution in [1.82, 2.24) is 4.98 Å². The van der Waals surface area contributed by atoms with E-state index in [4.69, 9.17) is 4.42 Å². The number of benzene rings is 2. The van der Waals surface area contributed by atoms with Gasteiger partial charge in [-0.3, -0.25) is 14.9 Å². The third-order valence-corrected chi connectivity index (χ3v) is 5.55. The maximum atomic E-state index is 12.4. The fourth-order valence-corrected chi connectivity index (χ4v) is 3.70. The molecule has 0 fully saturated rings. The zero-order valence-corrected chi connectivity index (χ0v) is 16.5. The van der Waals surface area contributed by atoms with E-state index in [-0.39, 0.29) is 11.3 Å². The van der Waals surface area contributed by atoms with E-state index in [1.807, 2.05) is 32.9 Å². The van der Waals surface area contributed by atoms with Gasteiger partial charge in [-0.05, 0) is 45.0 Å². The van der Waals surface area contributed by atoms with Gasteiger partial charge < -0.3 is 4.42 Å². The van der Waals surface area contributed by atoms with Crippen molar-refractivity contribution in [2.24, 2.45) is 0 Å². The molecule has 4 rings (SSSR count). The van der Waals surface area contributed by atoms with Crippen molar-refractivity contribution in [3.63, 3.8) is 0 Å². The van der Waals surface area contributed by atoms with Crippen molar-refractivity contribution in [3.8, 4) is 11.3 Å². The molecule has 0 unspecified atom stereocenters. The Morgan fingerprint density at radius 2 is 1.79 bits per heavy atom. The lowest BCUT2D eigenvalue weighted by molar-refractivity contribution is 0.102. The van der Waals surface area contributed by atoms with Gasteiger partial charge in [0.1, 0.15) is 11.3 Å². The van der Waals surface area contributed by atoms with Gasteiger partial charge in [-0.1, -0.05) is 23.8 Å². The van der Waals surface area contributed by atoms with Gasteiger partial charge in [0.05, 0.1) is 11.1 Å². The Labute approximate surface area is 165 Å². The molecule has 2 aromatic heterocycles. The number of rotatable bonds is 3. The van der Waals surface area contributed by atoms with E-state index >= 15 is 0 Å². The number of anilines is 1. The Balaban J connectivity index is 1.61. The van der Waals surface area contributed by atoms with Crippen LogP contribution in [0.15, 0.2) is 57.7 Å². The summed E-state index contributed by atoms with van der Waals surface area (Å²) in [5.41, 5.74) is 3.62. The van der Waals surface area contributed by atoms with Gasteiger partial charge in [-0.25, -0.2) is 4.98 Å². The fourth-order valence-electron chi connectivity index (χ4n) is 2.89. The molecule has 0 spiro atoms. The summed E-state index contributed by atoms with van der Waals surface area (Å²) in [6, 6.07) is 14.0. The van der Waals surface area contributed by atoms with Gasteiger partial charge >= 0.3 is 0 Å². The number of nitrogens with zero attached hydrogens (tertiary/aromatic N) is 1. The monoisotopic (exact) mass is 390 g/mol. The van der Waals surface area contributed by atoms with Gasteiger partial charge in [0.2, 0.25) is 0 Å². The zero-order valence-electron chi connectivity index (χ0n) is 15.7. The number of amides is 1. The molecule has 0 aliphatic rings. The molecular weight excluding hydrogens is 372 g/mol. The molecule has 4 aromatic rings. The first kappa shape index (κ1) is 18.1. The molecule has 2 heterocycles. The van der Waals surface area contributed by atoms with Crippen LogP contribution < -0.4 is 10.7 Å². The summed E-state index contributed by atoms with van der Waals surface area (Å²) in [7, 11) is 0. The lowest BCUT2D eigenvalue weighted by atomic mass is 10.1. The lowest BCUT2D eigenvalue weighted by Crippen LogP contribution is -2.11. The number of hydrogen-bond donors (Lipinski definition) is 1. The second-order valence-electron chi connectivity index (χ2n) is 6.67. The first-order valence-corrected chi connectivity index (χ1v) is 9.63. The highest BCUT2D eigenvalue weighted by molar-refractivity contribution is 7.15. The molecule has 6 heteroatoms. The fraction of sp³-hybridized carbons (Fsp3) is 0.136. The Morgan fingerprint density at radius 3 is 2.46 bits per heavy atom. The number of hydrogen-bond acceptors (Lipinski definition) is 5. The van der Waals surface area contributed by atoms with Gasteiger partial charge in [0, 0.05) is 22.1 Å². The maximum absolute atomic E-state index is 12.4. The quantitative estimate of drug-likeness (QED) is 0.529. The van der Waals surface area contributed by atoms with E-state index in [0.29, 0.717) is 27.4 Å². The molecule has 28 heavy (non-hydrogen) atoms. The Bertz CT molecular complexity index is 1230. The van der Waals surface area contributed by atoms with Crippen LogP contribution in [0, 0.1) is 20.8 Å². The second kappa shape index (κ2) is 7.05. The normalized spacial score (nSPS) is 11.0. The highest BCUT2D eigenvalue weighted by Crippen LogP contribution is 2.24. The molecule has 0 saturated heterocycles. The van der Waals surface area contributed by atoms with Crippen LogP contribution in [-0.4, -0.2) is 10.9 Å². The van der Waals surface area contributed by atoms with Crippen LogP contribution in [0.1, 0.15) is 26.5 Å². The summed E-state index contributed by atoms with van der Waals surface area (Å²) in [6.07, 6.45) is 0. The Hall–Kier alpha value is -3.25. The van der Waals surface area contributed by atoms with Crippen LogP contribution in [0.4, 0.5) is 5.13 Å². The van der Waals surface area contributed by atoms with Crippen molar-refractivity contribution < 1.29 is 9.21 Å². The summed E-state index contributed by atoms with van der Waals surface area (Å²) < 4.78 is 5.89. The van der Waals surface area contributed by atoms with E-state index in [1.54, 1.807) is 30.3 Å². The average molecular weight is 390 g/mol. The van der Waals surface area contributed by atoms with E-state index in [0.717, 1.165) is 21.7 Å². The Kier molecular flexibility index (Phi) is 4.57.